The van der Waals surface area contributed by atoms with Gasteiger partial charge in [-0.15, -0.1) is 0 Å². The molecular weight excluding hydrogens is 304 g/mol. The molecule has 24 heavy (non-hydrogen) atoms. The molecule has 128 valence electrons. The zero-order valence-electron chi connectivity index (χ0n) is 14.1. The van der Waals surface area contributed by atoms with Gasteiger partial charge in [-0.3, -0.25) is 4.79 Å². The normalized spacial score (nSPS) is 17.9. The molecule has 1 aromatic carbocycles. The lowest BCUT2D eigenvalue weighted by Crippen LogP contribution is -2.44. The van der Waals surface area contributed by atoms with Crippen molar-refractivity contribution in [2.45, 2.75) is 51.5 Å². The molecule has 1 N–H and O–H groups in total. The van der Waals surface area contributed by atoms with Crippen LogP contribution in [-0.2, 0) is 12.8 Å². The Balaban J connectivity index is 1.69. The van der Waals surface area contributed by atoms with E-state index in [0.717, 1.165) is 38.6 Å². The van der Waals surface area contributed by atoms with Crippen molar-refractivity contribution in [1.82, 2.24) is 9.88 Å². The Labute approximate surface area is 142 Å². The second kappa shape index (κ2) is 7.51. The molecular formula is C19H24N2O3. The van der Waals surface area contributed by atoms with E-state index in [1.54, 1.807) is 12.1 Å². The maximum absolute atomic E-state index is 12.9. The standard InChI is InChI=1S/C19H24N2O3/c1-2-17-18(20-13-24-17)19(23)21-12-4-3-5-15(21)9-6-14-7-10-16(22)11-8-14/h7-8,10-11,13,15,22H,2-6,9,12H2,1H3. The van der Waals surface area contributed by atoms with E-state index < -0.39 is 0 Å². The highest BCUT2D eigenvalue weighted by molar-refractivity contribution is 5.93. The van der Waals surface area contributed by atoms with Crippen LogP contribution >= 0.6 is 0 Å². The molecule has 0 radical (unpaired) electrons. The van der Waals surface area contributed by atoms with Gasteiger partial charge in [0.1, 0.15) is 11.5 Å². The number of likely N-dealkylation sites (tertiary alicyclic amines) is 1. The van der Waals surface area contributed by atoms with Crippen LogP contribution in [0.1, 0.15) is 54.4 Å². The number of carbonyl (C=O) groups is 1. The number of aromatic nitrogens is 1. The Hall–Kier alpha value is -2.30. The number of nitrogens with zero attached hydrogens (tertiary/aromatic N) is 2. The predicted molar refractivity (Wildman–Crippen MR) is 91.0 cm³/mol. The van der Waals surface area contributed by atoms with E-state index in [2.05, 4.69) is 4.98 Å². The van der Waals surface area contributed by atoms with Crippen LogP contribution < -0.4 is 0 Å². The molecule has 3 rings (SSSR count). The monoisotopic (exact) mass is 328 g/mol. The molecule has 1 saturated heterocycles. The average molecular weight is 328 g/mol. The van der Waals surface area contributed by atoms with Crippen molar-refractivity contribution in [3.8, 4) is 5.75 Å². The van der Waals surface area contributed by atoms with Crippen molar-refractivity contribution in [2.24, 2.45) is 0 Å². The van der Waals surface area contributed by atoms with Crippen LogP contribution in [0.25, 0.3) is 0 Å². The van der Waals surface area contributed by atoms with Gasteiger partial charge in [-0.2, -0.15) is 0 Å². The molecule has 1 aliphatic rings. The first-order chi connectivity index (χ1) is 11.7. The fourth-order valence-corrected chi connectivity index (χ4v) is 3.40. The fraction of sp³-hybridized carbons (Fsp3) is 0.474. The quantitative estimate of drug-likeness (QED) is 0.911. The van der Waals surface area contributed by atoms with E-state index in [-0.39, 0.29) is 17.7 Å². The van der Waals surface area contributed by atoms with Gasteiger partial charge in [0.25, 0.3) is 5.91 Å². The van der Waals surface area contributed by atoms with Crippen molar-refractivity contribution >= 4 is 5.91 Å². The van der Waals surface area contributed by atoms with Crippen LogP contribution in [-0.4, -0.2) is 33.5 Å². The van der Waals surface area contributed by atoms with Crippen molar-refractivity contribution in [3.05, 3.63) is 47.7 Å². The van der Waals surface area contributed by atoms with E-state index in [4.69, 9.17) is 4.42 Å². The van der Waals surface area contributed by atoms with Crippen LogP contribution in [0.2, 0.25) is 0 Å². The number of piperidine rings is 1. The van der Waals surface area contributed by atoms with Crippen LogP contribution in [0.3, 0.4) is 0 Å². The van der Waals surface area contributed by atoms with E-state index in [0.29, 0.717) is 17.9 Å². The van der Waals surface area contributed by atoms with Gasteiger partial charge in [0, 0.05) is 19.0 Å². The number of rotatable bonds is 5. The van der Waals surface area contributed by atoms with Gasteiger partial charge < -0.3 is 14.4 Å². The van der Waals surface area contributed by atoms with E-state index in [9.17, 15) is 9.90 Å². The molecule has 1 aromatic heterocycles. The molecule has 1 amide bonds. The Morgan fingerprint density at radius 1 is 1.33 bits per heavy atom. The number of phenolic OH excluding ortho intramolecular Hbond substituents is 1. The van der Waals surface area contributed by atoms with Gasteiger partial charge in [-0.25, -0.2) is 4.98 Å². The van der Waals surface area contributed by atoms with Crippen LogP contribution in [0.4, 0.5) is 0 Å². The third-order valence-corrected chi connectivity index (χ3v) is 4.76. The van der Waals surface area contributed by atoms with E-state index in [1.807, 2.05) is 24.0 Å². The van der Waals surface area contributed by atoms with Gasteiger partial charge in [-0.05, 0) is 49.8 Å². The number of hydrogen-bond acceptors (Lipinski definition) is 4. The van der Waals surface area contributed by atoms with Crippen LogP contribution in [0.15, 0.2) is 35.1 Å². The maximum atomic E-state index is 12.9. The number of aromatic hydroxyl groups is 1. The lowest BCUT2D eigenvalue weighted by Gasteiger charge is -2.35. The second-order valence-corrected chi connectivity index (χ2v) is 6.33. The summed E-state index contributed by atoms with van der Waals surface area (Å²) >= 11 is 0. The lowest BCUT2D eigenvalue weighted by atomic mass is 9.95. The van der Waals surface area contributed by atoms with Crippen molar-refractivity contribution in [2.75, 3.05) is 6.54 Å². The molecule has 1 fully saturated rings. The molecule has 1 aliphatic heterocycles. The topological polar surface area (TPSA) is 66.6 Å². The van der Waals surface area contributed by atoms with Gasteiger partial charge >= 0.3 is 0 Å². The first kappa shape index (κ1) is 16.6. The maximum Gasteiger partial charge on any atom is 0.276 e. The minimum Gasteiger partial charge on any atom is -0.508 e. The summed E-state index contributed by atoms with van der Waals surface area (Å²) in [5, 5.41) is 9.37. The predicted octanol–water partition coefficient (Wildman–Crippen LogP) is 3.57. The molecule has 2 aromatic rings. The van der Waals surface area contributed by atoms with E-state index in [1.165, 1.54) is 12.0 Å². The summed E-state index contributed by atoms with van der Waals surface area (Å²) in [5.41, 5.74) is 1.65. The minimum absolute atomic E-state index is 0.00370. The third-order valence-electron chi connectivity index (χ3n) is 4.76. The molecule has 0 aliphatic carbocycles. The highest BCUT2D eigenvalue weighted by Gasteiger charge is 2.30. The number of aryl methyl sites for hydroxylation is 2. The van der Waals surface area contributed by atoms with Crippen LogP contribution in [0, 0.1) is 0 Å². The Kier molecular flexibility index (Phi) is 5.18. The average Bonchev–Trinajstić information content (AvgIpc) is 3.09. The largest absolute Gasteiger partial charge is 0.508 e. The minimum atomic E-state index is -0.00370. The molecule has 2 heterocycles. The summed E-state index contributed by atoms with van der Waals surface area (Å²) in [6.07, 6.45) is 7.09. The number of oxazole rings is 1. The van der Waals surface area contributed by atoms with Gasteiger partial charge in [0.2, 0.25) is 0 Å². The third kappa shape index (κ3) is 3.61. The molecule has 0 bridgehead atoms. The second-order valence-electron chi connectivity index (χ2n) is 6.33. The highest BCUT2D eigenvalue weighted by atomic mass is 16.3. The molecule has 1 unspecified atom stereocenters. The summed E-state index contributed by atoms with van der Waals surface area (Å²) in [6.45, 7) is 2.75. The number of phenols is 1. The number of carbonyl (C=O) groups excluding carboxylic acids is 1. The number of benzene rings is 1. The SMILES string of the molecule is CCc1ocnc1C(=O)N1CCCCC1CCc1ccc(O)cc1. The first-order valence-corrected chi connectivity index (χ1v) is 8.70. The van der Waals surface area contributed by atoms with E-state index >= 15 is 0 Å². The molecule has 5 heteroatoms. The molecule has 1 atom stereocenters. The zero-order valence-corrected chi connectivity index (χ0v) is 14.1. The van der Waals surface area contributed by atoms with Crippen molar-refractivity contribution in [3.63, 3.8) is 0 Å². The number of hydrogen-bond donors (Lipinski definition) is 1. The highest BCUT2D eigenvalue weighted by Crippen LogP contribution is 2.24. The number of amides is 1. The smallest absolute Gasteiger partial charge is 0.276 e. The Bertz CT molecular complexity index is 678. The van der Waals surface area contributed by atoms with Gasteiger partial charge in [-0.1, -0.05) is 19.1 Å². The summed E-state index contributed by atoms with van der Waals surface area (Å²) in [4.78, 5) is 19.0. The molecule has 0 saturated carbocycles. The zero-order chi connectivity index (χ0) is 16.9. The Morgan fingerprint density at radius 2 is 2.12 bits per heavy atom. The first-order valence-electron chi connectivity index (χ1n) is 8.70. The lowest BCUT2D eigenvalue weighted by molar-refractivity contribution is 0.0594. The Morgan fingerprint density at radius 3 is 2.88 bits per heavy atom. The van der Waals surface area contributed by atoms with Crippen LogP contribution in [0.5, 0.6) is 5.75 Å². The molecule has 0 spiro atoms. The fourth-order valence-electron chi connectivity index (χ4n) is 3.40. The summed E-state index contributed by atoms with van der Waals surface area (Å²) < 4.78 is 5.32. The summed E-state index contributed by atoms with van der Waals surface area (Å²) in [6, 6.07) is 7.54. The molecule has 5 nitrogen and oxygen atoms in total. The van der Waals surface area contributed by atoms with Gasteiger partial charge in [0.15, 0.2) is 12.1 Å². The summed E-state index contributed by atoms with van der Waals surface area (Å²) in [5.74, 6) is 0.949. The summed E-state index contributed by atoms with van der Waals surface area (Å²) in [7, 11) is 0. The van der Waals surface area contributed by atoms with Crippen molar-refractivity contribution in [1.29, 1.82) is 0 Å². The van der Waals surface area contributed by atoms with Crippen molar-refractivity contribution < 1.29 is 14.3 Å². The van der Waals surface area contributed by atoms with Gasteiger partial charge in [0.05, 0.1) is 0 Å².